The molecule has 3 rings (SSSR count). The number of halogens is 2. The highest BCUT2D eigenvalue weighted by Gasteiger charge is 2.28. The van der Waals surface area contributed by atoms with Gasteiger partial charge in [0.2, 0.25) is 5.91 Å². The summed E-state index contributed by atoms with van der Waals surface area (Å²) in [7, 11) is -3.99. The van der Waals surface area contributed by atoms with E-state index in [1.807, 2.05) is 31.2 Å². The maximum atomic E-state index is 13.4. The lowest BCUT2D eigenvalue weighted by Crippen LogP contribution is -2.41. The van der Waals surface area contributed by atoms with Gasteiger partial charge in [0.25, 0.3) is 10.0 Å². The zero-order chi connectivity index (χ0) is 23.1. The molecule has 168 valence electrons. The van der Waals surface area contributed by atoms with E-state index in [9.17, 15) is 13.2 Å². The van der Waals surface area contributed by atoms with Gasteiger partial charge in [-0.15, -0.1) is 0 Å². The number of nitrogens with one attached hydrogen (secondary N) is 1. The first-order chi connectivity index (χ1) is 15.3. The van der Waals surface area contributed by atoms with Crippen LogP contribution < -0.4 is 9.62 Å². The highest BCUT2D eigenvalue weighted by molar-refractivity contribution is 7.92. The summed E-state index contributed by atoms with van der Waals surface area (Å²) in [6.45, 7) is 1.92. The van der Waals surface area contributed by atoms with Gasteiger partial charge >= 0.3 is 0 Å². The van der Waals surface area contributed by atoms with Crippen molar-refractivity contribution < 1.29 is 13.2 Å². The van der Waals surface area contributed by atoms with Gasteiger partial charge in [-0.3, -0.25) is 9.10 Å². The number of aryl methyl sites for hydroxylation is 2. The first-order valence-electron chi connectivity index (χ1n) is 10.1. The summed E-state index contributed by atoms with van der Waals surface area (Å²) in [5.74, 6) is -0.406. The number of carbonyl (C=O) groups excluding carboxylic acids is 1. The largest absolute Gasteiger partial charge is 0.355 e. The first-order valence-corrected chi connectivity index (χ1v) is 12.3. The molecule has 32 heavy (non-hydrogen) atoms. The van der Waals surface area contributed by atoms with E-state index in [1.54, 1.807) is 36.4 Å². The standard InChI is InChI=1S/C24H24Cl2N2O3S/c1-18-8-14-21(15-9-18)32(30,31)28(23-7-3-2-6-22(23)26)17-24(29)27-16-4-5-19-10-12-20(25)13-11-19/h2-3,6-15H,4-5,16-17H2,1H3,(H,27,29). The fourth-order valence-electron chi connectivity index (χ4n) is 3.15. The van der Waals surface area contributed by atoms with Crippen LogP contribution >= 0.6 is 23.2 Å². The molecule has 0 radical (unpaired) electrons. The molecule has 1 N–H and O–H groups in total. The lowest BCUT2D eigenvalue weighted by atomic mass is 10.1. The van der Waals surface area contributed by atoms with Crippen molar-refractivity contribution in [3.63, 3.8) is 0 Å². The summed E-state index contributed by atoms with van der Waals surface area (Å²) in [4.78, 5) is 12.7. The number of sulfonamides is 1. The Bertz CT molecular complexity index is 1160. The van der Waals surface area contributed by atoms with E-state index in [0.717, 1.165) is 21.9 Å². The van der Waals surface area contributed by atoms with Crippen LogP contribution in [0.2, 0.25) is 10.0 Å². The third-order valence-corrected chi connectivity index (χ3v) is 7.24. The van der Waals surface area contributed by atoms with Crippen LogP contribution in [0.15, 0.2) is 77.7 Å². The van der Waals surface area contributed by atoms with E-state index in [0.29, 0.717) is 18.0 Å². The average molecular weight is 491 g/mol. The van der Waals surface area contributed by atoms with Gasteiger partial charge in [-0.1, -0.05) is 65.2 Å². The summed E-state index contributed by atoms with van der Waals surface area (Å²) in [6, 6.07) is 20.6. The second-order valence-corrected chi connectivity index (χ2v) is 10.1. The molecule has 3 aromatic rings. The van der Waals surface area contributed by atoms with Crippen molar-refractivity contribution in [1.82, 2.24) is 5.32 Å². The summed E-state index contributed by atoms with van der Waals surface area (Å²) < 4.78 is 27.8. The van der Waals surface area contributed by atoms with Gasteiger partial charge in [-0.25, -0.2) is 8.42 Å². The third kappa shape index (κ3) is 6.25. The predicted molar refractivity (Wildman–Crippen MR) is 130 cm³/mol. The van der Waals surface area contributed by atoms with E-state index in [4.69, 9.17) is 23.2 Å². The molecule has 0 spiro atoms. The minimum absolute atomic E-state index is 0.0959. The highest BCUT2D eigenvalue weighted by Crippen LogP contribution is 2.30. The number of anilines is 1. The van der Waals surface area contributed by atoms with Crippen molar-refractivity contribution in [3.05, 3.63) is 94.0 Å². The number of hydrogen-bond acceptors (Lipinski definition) is 3. The fraction of sp³-hybridized carbons (Fsp3) is 0.208. The Balaban J connectivity index is 1.71. The Labute approximate surface area is 199 Å². The van der Waals surface area contributed by atoms with E-state index >= 15 is 0 Å². The Kier molecular flexibility index (Phi) is 8.18. The van der Waals surface area contributed by atoms with Crippen molar-refractivity contribution in [2.45, 2.75) is 24.7 Å². The third-order valence-electron chi connectivity index (χ3n) is 4.89. The number of carbonyl (C=O) groups is 1. The van der Waals surface area contributed by atoms with Crippen molar-refractivity contribution >= 4 is 44.8 Å². The molecule has 0 aliphatic carbocycles. The lowest BCUT2D eigenvalue weighted by molar-refractivity contribution is -0.119. The highest BCUT2D eigenvalue weighted by atomic mass is 35.5. The summed E-state index contributed by atoms with van der Waals surface area (Å²) in [5.41, 5.74) is 2.31. The molecular weight excluding hydrogens is 467 g/mol. The molecule has 8 heteroatoms. The van der Waals surface area contributed by atoms with Gasteiger partial charge in [0.1, 0.15) is 6.54 Å². The minimum atomic E-state index is -3.99. The molecule has 0 fully saturated rings. The number of nitrogens with zero attached hydrogens (tertiary/aromatic N) is 1. The van der Waals surface area contributed by atoms with Crippen molar-refractivity contribution in [2.75, 3.05) is 17.4 Å². The maximum Gasteiger partial charge on any atom is 0.264 e. The monoisotopic (exact) mass is 490 g/mol. The van der Waals surface area contributed by atoms with Gasteiger partial charge in [0.15, 0.2) is 0 Å². The van der Waals surface area contributed by atoms with Crippen LogP contribution in [0.4, 0.5) is 5.69 Å². The SMILES string of the molecule is Cc1ccc(S(=O)(=O)N(CC(=O)NCCCc2ccc(Cl)cc2)c2ccccc2Cl)cc1. The zero-order valence-electron chi connectivity index (χ0n) is 17.6. The van der Waals surface area contributed by atoms with E-state index in [1.165, 1.54) is 12.1 Å². The minimum Gasteiger partial charge on any atom is -0.355 e. The molecule has 5 nitrogen and oxygen atoms in total. The van der Waals surface area contributed by atoms with Crippen LogP contribution in [0.3, 0.4) is 0 Å². The number of para-hydroxylation sites is 1. The molecule has 0 bridgehead atoms. The molecule has 0 heterocycles. The van der Waals surface area contributed by atoms with Gasteiger partial charge in [-0.2, -0.15) is 0 Å². The second-order valence-electron chi connectivity index (χ2n) is 7.36. The molecule has 0 unspecified atom stereocenters. The average Bonchev–Trinajstić information content (AvgIpc) is 2.77. The quantitative estimate of drug-likeness (QED) is 0.416. The number of benzene rings is 3. The number of hydrogen-bond donors (Lipinski definition) is 1. The second kappa shape index (κ2) is 10.9. The Morgan fingerprint density at radius 2 is 1.59 bits per heavy atom. The Morgan fingerprint density at radius 1 is 0.938 bits per heavy atom. The molecule has 0 aromatic heterocycles. The maximum absolute atomic E-state index is 13.4. The number of rotatable bonds is 9. The number of amides is 1. The molecule has 1 amide bonds. The lowest BCUT2D eigenvalue weighted by Gasteiger charge is -2.25. The van der Waals surface area contributed by atoms with Crippen LogP contribution in [-0.2, 0) is 21.2 Å². The smallest absolute Gasteiger partial charge is 0.264 e. The molecule has 0 saturated heterocycles. The zero-order valence-corrected chi connectivity index (χ0v) is 19.9. The van der Waals surface area contributed by atoms with Crippen LogP contribution in [-0.4, -0.2) is 27.4 Å². The predicted octanol–water partition coefficient (Wildman–Crippen LogP) is 5.25. The van der Waals surface area contributed by atoms with Gasteiger partial charge in [-0.05, 0) is 61.7 Å². The molecular formula is C24H24Cl2N2O3S. The molecule has 0 atom stereocenters. The Morgan fingerprint density at radius 3 is 2.25 bits per heavy atom. The van der Waals surface area contributed by atoms with Gasteiger partial charge in [0.05, 0.1) is 15.6 Å². The summed E-state index contributed by atoms with van der Waals surface area (Å²) in [5, 5.41) is 3.73. The van der Waals surface area contributed by atoms with Crippen molar-refractivity contribution in [1.29, 1.82) is 0 Å². The molecule has 3 aromatic carbocycles. The summed E-state index contributed by atoms with van der Waals surface area (Å²) in [6.07, 6.45) is 1.48. The van der Waals surface area contributed by atoms with E-state index in [2.05, 4.69) is 5.32 Å². The van der Waals surface area contributed by atoms with Gasteiger partial charge < -0.3 is 5.32 Å². The van der Waals surface area contributed by atoms with Crippen LogP contribution in [0.1, 0.15) is 17.5 Å². The summed E-state index contributed by atoms with van der Waals surface area (Å²) >= 11 is 12.2. The molecule has 0 aliphatic heterocycles. The van der Waals surface area contributed by atoms with Crippen LogP contribution in [0.5, 0.6) is 0 Å². The fourth-order valence-corrected chi connectivity index (χ4v) is 5.00. The first kappa shape index (κ1) is 24.1. The normalized spacial score (nSPS) is 11.2. The molecule has 0 saturated carbocycles. The topological polar surface area (TPSA) is 66.5 Å². The molecule has 0 aliphatic rings. The van der Waals surface area contributed by atoms with Crippen LogP contribution in [0, 0.1) is 6.92 Å². The van der Waals surface area contributed by atoms with Crippen molar-refractivity contribution in [3.8, 4) is 0 Å². The van der Waals surface area contributed by atoms with Gasteiger partial charge in [0, 0.05) is 11.6 Å². The Hall–Kier alpha value is -2.54. The van der Waals surface area contributed by atoms with Crippen LogP contribution in [0.25, 0.3) is 0 Å². The van der Waals surface area contributed by atoms with E-state index < -0.39 is 15.9 Å². The van der Waals surface area contributed by atoms with E-state index in [-0.39, 0.29) is 22.2 Å². The van der Waals surface area contributed by atoms with Crippen molar-refractivity contribution in [2.24, 2.45) is 0 Å².